The van der Waals surface area contributed by atoms with Gasteiger partial charge in [0.25, 0.3) is 0 Å². The van der Waals surface area contributed by atoms with E-state index in [9.17, 15) is 24.5 Å². The summed E-state index contributed by atoms with van der Waals surface area (Å²) in [6.07, 6.45) is 0. The minimum absolute atomic E-state index is 0. The number of benzene rings is 3. The molecule has 1 radical (unpaired) electrons. The zero-order valence-electron chi connectivity index (χ0n) is 15.4. The van der Waals surface area contributed by atoms with Gasteiger partial charge in [-0.3, -0.25) is 4.79 Å². The molecule has 0 saturated heterocycles. The van der Waals surface area contributed by atoms with Crippen molar-refractivity contribution in [3.05, 3.63) is 77.6 Å². The zero-order valence-corrected chi connectivity index (χ0v) is 22.6. The van der Waals surface area contributed by atoms with Gasteiger partial charge in [0.05, 0.1) is 21.8 Å². The average molecular weight is 655 g/mol. The number of carbonyl (C=O) groups excluding carboxylic acids is 1. The Kier molecular flexibility index (Phi) is 9.27. The Morgan fingerprint density at radius 3 is 2.30 bits per heavy atom. The summed E-state index contributed by atoms with van der Waals surface area (Å²) >= 11 is 1.84. The van der Waals surface area contributed by atoms with Crippen molar-refractivity contribution in [2.24, 2.45) is 0 Å². The maximum absolute atomic E-state index is 14.4. The number of aromatic hydroxyl groups is 3. The number of hydrogen-bond acceptors (Lipinski definition) is 7. The second-order valence-electron chi connectivity index (χ2n) is 5.91. The van der Waals surface area contributed by atoms with Crippen molar-refractivity contribution in [3.8, 4) is 23.0 Å². The molecule has 10 heteroatoms. The van der Waals surface area contributed by atoms with Crippen LogP contribution in [0.3, 0.4) is 0 Å². The Morgan fingerprint density at radius 2 is 1.67 bits per heavy atom. The smallest absolute Gasteiger partial charge is 0.182 e. The first kappa shape index (κ1) is 24.8. The first-order chi connectivity index (χ1) is 13.9. The Bertz CT molecular complexity index is 1040. The minimum Gasteiger partial charge on any atom is -0.508 e. The molecule has 0 saturated carbocycles. The second kappa shape index (κ2) is 11.2. The summed E-state index contributed by atoms with van der Waals surface area (Å²) in [4.78, 5) is 13.0. The van der Waals surface area contributed by atoms with Crippen LogP contribution in [0.5, 0.6) is 23.0 Å². The number of rotatable bonds is 7. The molecular weight excluding hydrogens is 639 g/mol. The summed E-state index contributed by atoms with van der Waals surface area (Å²) in [7, 11) is 2.35. The van der Waals surface area contributed by atoms with Crippen molar-refractivity contribution >= 4 is 64.9 Å². The van der Waals surface area contributed by atoms with Crippen molar-refractivity contribution in [1.82, 2.24) is 0 Å². The number of ketones is 1. The van der Waals surface area contributed by atoms with Gasteiger partial charge in [-0.15, -0.1) is 11.8 Å². The van der Waals surface area contributed by atoms with Gasteiger partial charge >= 0.3 is 0 Å². The van der Waals surface area contributed by atoms with Crippen LogP contribution in [0.2, 0.25) is 0 Å². The number of carbonyl (C=O) groups is 1. The monoisotopic (exact) mass is 655 g/mol. The molecule has 0 spiro atoms. The van der Waals surface area contributed by atoms with E-state index >= 15 is 0 Å². The van der Waals surface area contributed by atoms with Crippen LogP contribution in [0.1, 0.15) is 21.2 Å². The van der Waals surface area contributed by atoms with Crippen molar-refractivity contribution < 1.29 is 28.7 Å². The van der Waals surface area contributed by atoms with E-state index in [1.54, 1.807) is 36.4 Å². The van der Waals surface area contributed by atoms with Crippen molar-refractivity contribution in [1.29, 1.82) is 0 Å². The SMILES string of the molecule is O=C(c1ccc(OSP)cc1)C(Sc1c(O)ccc(O)c1F)c1cccc(O)c1.[Tl]. The maximum atomic E-state index is 14.4. The summed E-state index contributed by atoms with van der Waals surface area (Å²) < 4.78 is 19.7. The van der Waals surface area contributed by atoms with Gasteiger partial charge in [-0.05, 0) is 62.5 Å². The Hall–Kier alpha value is -1.49. The number of phenols is 3. The molecule has 30 heavy (non-hydrogen) atoms. The van der Waals surface area contributed by atoms with Crippen LogP contribution >= 0.6 is 31.9 Å². The molecule has 0 amide bonds. The van der Waals surface area contributed by atoms with Crippen molar-refractivity contribution in [2.75, 3.05) is 0 Å². The standard InChI is InChI=1S/C20H16FO5PS2.Tl/c21-17-15(23)8-9-16(24)20(17)28-19(12-2-1-3-13(22)10-12)18(25)11-4-6-14(7-5-11)26-29-27;/h1-10,19,22-24H,27H2;. The molecule has 3 aromatic carbocycles. The summed E-state index contributed by atoms with van der Waals surface area (Å²) in [5, 5.41) is 28.6. The van der Waals surface area contributed by atoms with Gasteiger partial charge in [-0.2, -0.15) is 0 Å². The normalized spacial score (nSPS) is 11.4. The van der Waals surface area contributed by atoms with Crippen LogP contribution in [0.25, 0.3) is 0 Å². The van der Waals surface area contributed by atoms with Crippen molar-refractivity contribution in [2.45, 2.75) is 10.1 Å². The van der Waals surface area contributed by atoms with Gasteiger partial charge in [0.1, 0.15) is 17.2 Å². The number of thioether (sulfide) groups is 1. The second-order valence-corrected chi connectivity index (χ2v) is 7.96. The fourth-order valence-electron chi connectivity index (χ4n) is 2.61. The third-order valence-corrected chi connectivity index (χ3v) is 5.91. The Balaban J connectivity index is 0.00000320. The molecule has 0 fully saturated rings. The van der Waals surface area contributed by atoms with Crippen LogP contribution in [0, 0.1) is 5.82 Å². The number of Topliss-reactive ketones (excluding diaryl/α,β-unsaturated/α-hetero) is 1. The molecule has 5 nitrogen and oxygen atoms in total. The minimum atomic E-state index is -1.02. The Labute approximate surface area is 203 Å². The molecule has 0 heterocycles. The first-order valence-electron chi connectivity index (χ1n) is 8.24. The molecule has 0 aliphatic carbocycles. The van der Waals surface area contributed by atoms with Crippen LogP contribution in [0.4, 0.5) is 4.39 Å². The summed E-state index contributed by atoms with van der Waals surface area (Å²) in [6.45, 7) is 0. The summed E-state index contributed by atoms with van der Waals surface area (Å²) in [5.41, 5.74) is 0.759. The van der Waals surface area contributed by atoms with Gasteiger partial charge in [-0.1, -0.05) is 12.1 Å². The molecule has 0 aromatic heterocycles. The molecule has 2 atom stereocenters. The fourth-order valence-corrected chi connectivity index (χ4v) is 4.32. The number of phenolic OH excluding ortho intramolecular Hbond substituents is 3. The van der Waals surface area contributed by atoms with E-state index in [0.29, 0.717) is 16.9 Å². The van der Waals surface area contributed by atoms with Crippen LogP contribution in [-0.2, 0) is 0 Å². The zero-order chi connectivity index (χ0) is 21.0. The predicted octanol–water partition coefficient (Wildman–Crippen LogP) is 5.10. The van der Waals surface area contributed by atoms with E-state index in [2.05, 4.69) is 8.44 Å². The molecule has 0 aliphatic rings. The van der Waals surface area contributed by atoms with E-state index in [-0.39, 0.29) is 43.7 Å². The van der Waals surface area contributed by atoms with E-state index in [1.165, 1.54) is 12.1 Å². The molecule has 2 unspecified atom stereocenters. The van der Waals surface area contributed by atoms with Crippen LogP contribution in [-0.4, -0.2) is 48.4 Å². The van der Waals surface area contributed by atoms with Gasteiger partial charge in [0, 0.05) is 32.9 Å². The quantitative estimate of drug-likeness (QED) is 0.0817. The Morgan fingerprint density at radius 1 is 1.00 bits per heavy atom. The third kappa shape index (κ3) is 5.81. The maximum Gasteiger partial charge on any atom is 0.182 e. The summed E-state index contributed by atoms with van der Waals surface area (Å²) in [6, 6.07) is 14.6. The van der Waals surface area contributed by atoms with Crippen LogP contribution < -0.4 is 4.18 Å². The topological polar surface area (TPSA) is 87.0 Å². The molecule has 153 valence electrons. The van der Waals surface area contributed by atoms with Gasteiger partial charge in [-0.25, -0.2) is 4.39 Å². The molecule has 3 rings (SSSR count). The average Bonchev–Trinajstić information content (AvgIpc) is 2.71. The number of hydrogen-bond donors (Lipinski definition) is 3. The third-order valence-electron chi connectivity index (χ3n) is 3.99. The summed E-state index contributed by atoms with van der Waals surface area (Å²) in [5.74, 6) is -1.92. The number of halogens is 1. The van der Waals surface area contributed by atoms with Crippen LogP contribution in [0.15, 0.2) is 65.6 Å². The van der Waals surface area contributed by atoms with Gasteiger partial charge in [0.15, 0.2) is 17.3 Å². The molecule has 3 aromatic rings. The van der Waals surface area contributed by atoms with E-state index < -0.39 is 22.6 Å². The molecular formula is C20H16FO5PS2Tl. The van der Waals surface area contributed by atoms with E-state index in [1.807, 2.05) is 0 Å². The van der Waals surface area contributed by atoms with E-state index in [0.717, 1.165) is 35.6 Å². The molecule has 0 bridgehead atoms. The molecule has 3 N–H and O–H groups in total. The van der Waals surface area contributed by atoms with Gasteiger partial charge < -0.3 is 19.5 Å². The largest absolute Gasteiger partial charge is 0.508 e. The fraction of sp³-hybridized carbons (Fsp3) is 0.0500. The predicted molar refractivity (Wildman–Crippen MR) is 121 cm³/mol. The van der Waals surface area contributed by atoms with Gasteiger partial charge in [0.2, 0.25) is 0 Å². The molecule has 0 aliphatic heterocycles. The first-order valence-corrected chi connectivity index (χ1v) is 11.3. The van der Waals surface area contributed by atoms with Crippen molar-refractivity contribution in [3.63, 3.8) is 0 Å². The van der Waals surface area contributed by atoms with E-state index in [4.69, 9.17) is 4.18 Å².